The van der Waals surface area contributed by atoms with Gasteiger partial charge in [0, 0.05) is 0 Å². The van der Waals surface area contributed by atoms with Gasteiger partial charge in [0.15, 0.2) is 0 Å². The van der Waals surface area contributed by atoms with Crippen LogP contribution in [0, 0.1) is 17.7 Å². The predicted octanol–water partition coefficient (Wildman–Crippen LogP) is 4.61. The average molecular weight is 222 g/mol. The molecule has 1 rings (SSSR count). The first-order valence-corrected chi connectivity index (χ1v) is 6.26. The van der Waals surface area contributed by atoms with Crippen LogP contribution in [-0.2, 0) is 12.8 Å². The summed E-state index contributed by atoms with van der Waals surface area (Å²) in [6, 6.07) is 5.73. The van der Waals surface area contributed by atoms with Crippen LogP contribution in [0.3, 0.4) is 0 Å². The van der Waals surface area contributed by atoms with Crippen LogP contribution in [0.5, 0.6) is 0 Å². The highest BCUT2D eigenvalue weighted by Gasteiger charge is 2.06. The lowest BCUT2D eigenvalue weighted by Gasteiger charge is -2.09. The Kier molecular flexibility index (Phi) is 4.98. The molecule has 0 N–H and O–H groups in total. The minimum Gasteiger partial charge on any atom is -0.207 e. The van der Waals surface area contributed by atoms with Gasteiger partial charge in [0.1, 0.15) is 5.82 Å². The molecule has 0 aliphatic carbocycles. The monoisotopic (exact) mass is 222 g/mol. The second-order valence-electron chi connectivity index (χ2n) is 5.46. The zero-order valence-electron chi connectivity index (χ0n) is 10.9. The summed E-state index contributed by atoms with van der Waals surface area (Å²) in [5, 5.41) is 0. The minimum absolute atomic E-state index is 0.0324. The fourth-order valence-corrected chi connectivity index (χ4v) is 1.81. The van der Waals surface area contributed by atoms with E-state index in [1.807, 2.05) is 6.07 Å². The van der Waals surface area contributed by atoms with Crippen molar-refractivity contribution in [2.45, 2.75) is 47.0 Å². The largest absolute Gasteiger partial charge is 0.207 e. The van der Waals surface area contributed by atoms with Gasteiger partial charge in [-0.15, -0.1) is 0 Å². The van der Waals surface area contributed by atoms with Crippen molar-refractivity contribution in [3.63, 3.8) is 0 Å². The van der Waals surface area contributed by atoms with Gasteiger partial charge in [0.2, 0.25) is 0 Å². The molecule has 0 aromatic heterocycles. The summed E-state index contributed by atoms with van der Waals surface area (Å²) in [6.45, 7) is 8.63. The molecule has 0 spiro atoms. The zero-order valence-corrected chi connectivity index (χ0v) is 10.9. The van der Waals surface area contributed by atoms with E-state index in [9.17, 15) is 4.39 Å². The van der Waals surface area contributed by atoms with Gasteiger partial charge in [0.05, 0.1) is 0 Å². The SMILES string of the molecule is CC(C)CCc1ccc(CC(C)C)c(F)c1. The maximum atomic E-state index is 13.7. The van der Waals surface area contributed by atoms with Crippen molar-refractivity contribution < 1.29 is 4.39 Å². The Labute approximate surface area is 98.9 Å². The minimum atomic E-state index is -0.0324. The van der Waals surface area contributed by atoms with Crippen LogP contribution in [0.2, 0.25) is 0 Å². The Morgan fingerprint density at radius 1 is 1.06 bits per heavy atom. The fraction of sp³-hybridized carbons (Fsp3) is 0.600. The number of hydrogen-bond acceptors (Lipinski definition) is 0. The van der Waals surface area contributed by atoms with Crippen molar-refractivity contribution in [3.8, 4) is 0 Å². The van der Waals surface area contributed by atoms with Crippen molar-refractivity contribution in [3.05, 3.63) is 35.1 Å². The highest BCUT2D eigenvalue weighted by atomic mass is 19.1. The molecule has 0 radical (unpaired) electrons. The summed E-state index contributed by atoms with van der Waals surface area (Å²) in [4.78, 5) is 0. The Morgan fingerprint density at radius 3 is 2.25 bits per heavy atom. The first kappa shape index (κ1) is 13.2. The molecule has 0 aliphatic rings. The van der Waals surface area contributed by atoms with Crippen molar-refractivity contribution in [1.82, 2.24) is 0 Å². The first-order chi connectivity index (χ1) is 7.49. The van der Waals surface area contributed by atoms with E-state index in [1.165, 1.54) is 0 Å². The van der Waals surface area contributed by atoms with E-state index in [2.05, 4.69) is 33.8 Å². The van der Waals surface area contributed by atoms with Gasteiger partial charge in [0.25, 0.3) is 0 Å². The smallest absolute Gasteiger partial charge is 0.126 e. The molecule has 1 heteroatoms. The molecular formula is C15H23F. The molecule has 0 aliphatic heterocycles. The average Bonchev–Trinajstić information content (AvgIpc) is 2.18. The summed E-state index contributed by atoms with van der Waals surface area (Å²) in [6.07, 6.45) is 2.94. The second kappa shape index (κ2) is 6.03. The Morgan fingerprint density at radius 2 is 1.75 bits per heavy atom. The molecule has 16 heavy (non-hydrogen) atoms. The Bertz CT molecular complexity index is 326. The quantitative estimate of drug-likeness (QED) is 0.682. The third kappa shape index (κ3) is 4.34. The molecule has 0 fully saturated rings. The predicted molar refractivity (Wildman–Crippen MR) is 68.1 cm³/mol. The molecule has 0 bridgehead atoms. The molecule has 0 atom stereocenters. The lowest BCUT2D eigenvalue weighted by Crippen LogP contribution is -1.99. The topological polar surface area (TPSA) is 0 Å². The Hall–Kier alpha value is -0.850. The molecule has 90 valence electrons. The summed E-state index contributed by atoms with van der Waals surface area (Å²) in [7, 11) is 0. The van der Waals surface area contributed by atoms with Gasteiger partial charge in [-0.2, -0.15) is 0 Å². The van der Waals surface area contributed by atoms with Crippen LogP contribution in [0.15, 0.2) is 18.2 Å². The molecule has 0 saturated carbocycles. The van der Waals surface area contributed by atoms with E-state index in [0.717, 1.165) is 30.4 Å². The van der Waals surface area contributed by atoms with Crippen LogP contribution in [-0.4, -0.2) is 0 Å². The van der Waals surface area contributed by atoms with E-state index in [1.54, 1.807) is 6.07 Å². The van der Waals surface area contributed by atoms with E-state index >= 15 is 0 Å². The van der Waals surface area contributed by atoms with Crippen molar-refractivity contribution >= 4 is 0 Å². The molecule has 1 aromatic rings. The summed E-state index contributed by atoms with van der Waals surface area (Å²) in [5.74, 6) is 1.16. The van der Waals surface area contributed by atoms with Crippen LogP contribution >= 0.6 is 0 Å². The van der Waals surface area contributed by atoms with E-state index < -0.39 is 0 Å². The fourth-order valence-electron chi connectivity index (χ4n) is 1.81. The van der Waals surface area contributed by atoms with Gasteiger partial charge < -0.3 is 0 Å². The van der Waals surface area contributed by atoms with Gasteiger partial charge in [-0.05, 0) is 48.3 Å². The maximum absolute atomic E-state index is 13.7. The molecular weight excluding hydrogens is 199 g/mol. The van der Waals surface area contributed by atoms with Crippen LogP contribution < -0.4 is 0 Å². The molecule has 0 heterocycles. The third-order valence-corrected chi connectivity index (χ3v) is 2.76. The van der Waals surface area contributed by atoms with Crippen molar-refractivity contribution in [1.29, 1.82) is 0 Å². The zero-order chi connectivity index (χ0) is 12.1. The van der Waals surface area contributed by atoms with Crippen molar-refractivity contribution in [2.75, 3.05) is 0 Å². The molecule has 0 amide bonds. The van der Waals surface area contributed by atoms with E-state index in [-0.39, 0.29) is 5.82 Å². The van der Waals surface area contributed by atoms with Crippen LogP contribution in [0.4, 0.5) is 4.39 Å². The number of benzene rings is 1. The normalized spacial score (nSPS) is 11.4. The van der Waals surface area contributed by atoms with Gasteiger partial charge in [-0.3, -0.25) is 0 Å². The first-order valence-electron chi connectivity index (χ1n) is 6.26. The lowest BCUT2D eigenvalue weighted by atomic mass is 9.98. The summed E-state index contributed by atoms with van der Waals surface area (Å²) < 4.78 is 13.7. The van der Waals surface area contributed by atoms with Crippen LogP contribution in [0.25, 0.3) is 0 Å². The molecule has 0 saturated heterocycles. The highest BCUT2D eigenvalue weighted by Crippen LogP contribution is 2.16. The van der Waals surface area contributed by atoms with Crippen molar-refractivity contribution in [2.24, 2.45) is 11.8 Å². The Balaban J connectivity index is 2.67. The number of rotatable bonds is 5. The van der Waals surface area contributed by atoms with Gasteiger partial charge in [-0.25, -0.2) is 4.39 Å². The van der Waals surface area contributed by atoms with Gasteiger partial charge >= 0.3 is 0 Å². The number of halogens is 1. The third-order valence-electron chi connectivity index (χ3n) is 2.76. The molecule has 0 nitrogen and oxygen atoms in total. The summed E-state index contributed by atoms with van der Waals surface area (Å²) >= 11 is 0. The number of aryl methyl sites for hydroxylation is 1. The van der Waals surface area contributed by atoms with E-state index in [4.69, 9.17) is 0 Å². The molecule has 0 unspecified atom stereocenters. The van der Waals surface area contributed by atoms with Crippen LogP contribution in [0.1, 0.15) is 45.2 Å². The second-order valence-corrected chi connectivity index (χ2v) is 5.46. The van der Waals surface area contributed by atoms with E-state index in [0.29, 0.717) is 11.8 Å². The summed E-state index contributed by atoms with van der Waals surface area (Å²) in [5.41, 5.74) is 1.97. The highest BCUT2D eigenvalue weighted by molar-refractivity contribution is 5.24. The maximum Gasteiger partial charge on any atom is 0.126 e. The standard InChI is InChI=1S/C15H23F/c1-11(2)5-6-13-7-8-14(9-12(3)4)15(16)10-13/h7-8,10-12H,5-6,9H2,1-4H3. The molecule has 1 aromatic carbocycles. The van der Waals surface area contributed by atoms with Gasteiger partial charge in [-0.1, -0.05) is 39.8 Å². The lowest BCUT2D eigenvalue weighted by molar-refractivity contribution is 0.564. The number of hydrogen-bond donors (Lipinski definition) is 0.